The molecule has 0 aliphatic rings. The Morgan fingerprint density at radius 3 is 2.31 bits per heavy atom. The molecule has 1 nitrogen and oxygen atoms in total. The lowest BCUT2D eigenvalue weighted by Crippen LogP contribution is -2.04. The summed E-state index contributed by atoms with van der Waals surface area (Å²) in [5.41, 5.74) is 2.59. The molecule has 3 aromatic carbocycles. The molecule has 0 saturated carbocycles. The summed E-state index contributed by atoms with van der Waals surface area (Å²) in [5, 5.41) is 0.808. The molecule has 0 atom stereocenters. The topological polar surface area (TPSA) is 9.23 Å². The van der Waals surface area contributed by atoms with Crippen LogP contribution in [0.1, 0.15) is 42.9 Å². The molecule has 0 fully saturated rings. The minimum absolute atomic E-state index is 0.195. The Balaban J connectivity index is 1.69. The molecule has 0 spiro atoms. The van der Waals surface area contributed by atoms with Crippen molar-refractivity contribution in [3.05, 3.63) is 76.9 Å². The average molecular weight is 404 g/mol. The number of benzene rings is 3. The standard InChI is InChI=1S/C24H24F4O/c1-2-3-4-5-16-6-9-18(21(25)15-16)10-7-17-8-12-20-19(14-17)11-13-22(23(20)26)29-24(27)28/h6,8-9,11-15,24H,2-5,7,10H2,1H3. The monoisotopic (exact) mass is 404 g/mol. The van der Waals surface area contributed by atoms with Gasteiger partial charge in [0.25, 0.3) is 0 Å². The highest BCUT2D eigenvalue weighted by Crippen LogP contribution is 2.28. The predicted octanol–water partition coefficient (Wildman–Crippen LogP) is 7.24. The van der Waals surface area contributed by atoms with Gasteiger partial charge in [-0.2, -0.15) is 8.78 Å². The SMILES string of the molecule is CCCCCc1ccc(CCc2ccc3c(F)c(OC(F)F)ccc3c2)c(F)c1. The molecule has 3 aromatic rings. The normalized spacial score (nSPS) is 11.4. The van der Waals surface area contributed by atoms with E-state index in [1.165, 1.54) is 6.07 Å². The molecule has 0 heterocycles. The maximum atomic E-state index is 14.4. The fourth-order valence-electron chi connectivity index (χ4n) is 3.47. The minimum Gasteiger partial charge on any atom is -0.432 e. The van der Waals surface area contributed by atoms with E-state index < -0.39 is 18.2 Å². The smallest absolute Gasteiger partial charge is 0.387 e. The van der Waals surface area contributed by atoms with Crippen LogP contribution in [0, 0.1) is 11.6 Å². The number of ether oxygens (including phenoxy) is 1. The highest BCUT2D eigenvalue weighted by molar-refractivity contribution is 5.85. The summed E-state index contributed by atoms with van der Waals surface area (Å²) in [5.74, 6) is -1.47. The Kier molecular flexibility index (Phi) is 7.13. The third kappa shape index (κ3) is 5.49. The molecule has 0 radical (unpaired) electrons. The van der Waals surface area contributed by atoms with Crippen molar-refractivity contribution in [1.82, 2.24) is 0 Å². The molecular formula is C24H24F4O. The maximum Gasteiger partial charge on any atom is 0.387 e. The first kappa shape index (κ1) is 21.2. The van der Waals surface area contributed by atoms with Crippen LogP contribution in [-0.2, 0) is 19.3 Å². The van der Waals surface area contributed by atoms with Crippen LogP contribution in [0.4, 0.5) is 17.6 Å². The van der Waals surface area contributed by atoms with Gasteiger partial charge in [-0.15, -0.1) is 0 Å². The predicted molar refractivity (Wildman–Crippen MR) is 108 cm³/mol. The molecular weight excluding hydrogens is 380 g/mol. The van der Waals surface area contributed by atoms with E-state index in [0.29, 0.717) is 23.8 Å². The largest absolute Gasteiger partial charge is 0.432 e. The third-order valence-electron chi connectivity index (χ3n) is 5.07. The van der Waals surface area contributed by atoms with Crippen molar-refractivity contribution in [3.63, 3.8) is 0 Å². The summed E-state index contributed by atoms with van der Waals surface area (Å²) in [6.45, 7) is -0.935. The van der Waals surface area contributed by atoms with Crippen LogP contribution in [0.15, 0.2) is 48.5 Å². The number of hydrogen-bond donors (Lipinski definition) is 0. The van der Waals surface area contributed by atoms with E-state index in [4.69, 9.17) is 0 Å². The summed E-state index contributed by atoms with van der Waals surface area (Å²) in [6, 6.07) is 13.3. The van der Waals surface area contributed by atoms with E-state index in [9.17, 15) is 17.6 Å². The van der Waals surface area contributed by atoms with E-state index in [1.807, 2.05) is 12.1 Å². The second kappa shape index (κ2) is 9.77. The number of hydrogen-bond acceptors (Lipinski definition) is 1. The fraction of sp³-hybridized carbons (Fsp3) is 0.333. The second-order valence-electron chi connectivity index (χ2n) is 7.19. The number of fused-ring (bicyclic) bond motifs is 1. The lowest BCUT2D eigenvalue weighted by atomic mass is 9.99. The average Bonchev–Trinajstić information content (AvgIpc) is 2.69. The lowest BCUT2D eigenvalue weighted by Gasteiger charge is -2.10. The third-order valence-corrected chi connectivity index (χ3v) is 5.07. The molecule has 0 aromatic heterocycles. The molecule has 0 aliphatic carbocycles. The molecule has 0 unspecified atom stereocenters. The van der Waals surface area contributed by atoms with Crippen LogP contribution >= 0.6 is 0 Å². The van der Waals surface area contributed by atoms with Gasteiger partial charge < -0.3 is 4.74 Å². The molecule has 0 N–H and O–H groups in total. The number of halogens is 4. The lowest BCUT2D eigenvalue weighted by molar-refractivity contribution is -0.0520. The van der Waals surface area contributed by atoms with Gasteiger partial charge in [0.15, 0.2) is 11.6 Å². The highest BCUT2D eigenvalue weighted by Gasteiger charge is 2.13. The van der Waals surface area contributed by atoms with Gasteiger partial charge in [0, 0.05) is 5.39 Å². The zero-order valence-corrected chi connectivity index (χ0v) is 16.4. The zero-order chi connectivity index (χ0) is 20.8. The van der Waals surface area contributed by atoms with Crippen molar-refractivity contribution in [1.29, 1.82) is 0 Å². The van der Waals surface area contributed by atoms with Crippen molar-refractivity contribution < 1.29 is 22.3 Å². The molecule has 0 bridgehead atoms. The summed E-state index contributed by atoms with van der Waals surface area (Å²) in [4.78, 5) is 0. The summed E-state index contributed by atoms with van der Waals surface area (Å²) in [6.07, 6.45) is 5.35. The van der Waals surface area contributed by atoms with Crippen molar-refractivity contribution in [3.8, 4) is 5.75 Å². The summed E-state index contributed by atoms with van der Waals surface area (Å²) in [7, 11) is 0. The Morgan fingerprint density at radius 2 is 1.59 bits per heavy atom. The molecule has 29 heavy (non-hydrogen) atoms. The van der Waals surface area contributed by atoms with Crippen molar-refractivity contribution in [2.75, 3.05) is 0 Å². The van der Waals surface area contributed by atoms with Crippen LogP contribution in [0.5, 0.6) is 5.75 Å². The first-order valence-corrected chi connectivity index (χ1v) is 9.91. The van der Waals surface area contributed by atoms with Gasteiger partial charge in [-0.3, -0.25) is 0 Å². The van der Waals surface area contributed by atoms with Crippen molar-refractivity contribution in [2.24, 2.45) is 0 Å². The number of aryl methyl sites for hydroxylation is 3. The Bertz CT molecular complexity index is 968. The molecule has 154 valence electrons. The van der Waals surface area contributed by atoms with E-state index >= 15 is 0 Å². The number of unbranched alkanes of at least 4 members (excludes halogenated alkanes) is 2. The molecule has 0 saturated heterocycles. The Labute approximate surface area is 168 Å². The van der Waals surface area contributed by atoms with E-state index in [0.717, 1.165) is 36.8 Å². The molecule has 0 aliphatic heterocycles. The molecule has 3 rings (SSSR count). The van der Waals surface area contributed by atoms with Crippen LogP contribution < -0.4 is 4.74 Å². The van der Waals surface area contributed by atoms with Gasteiger partial charge in [0.1, 0.15) is 5.82 Å². The number of alkyl halides is 2. The number of rotatable bonds is 9. The summed E-state index contributed by atoms with van der Waals surface area (Å²) >= 11 is 0. The van der Waals surface area contributed by atoms with Crippen LogP contribution in [0.25, 0.3) is 10.8 Å². The van der Waals surface area contributed by atoms with Crippen molar-refractivity contribution >= 4 is 10.8 Å². The quantitative estimate of drug-likeness (QED) is 0.270. The minimum atomic E-state index is -3.07. The van der Waals surface area contributed by atoms with Crippen LogP contribution in [-0.4, -0.2) is 6.61 Å². The Morgan fingerprint density at radius 1 is 0.828 bits per heavy atom. The van der Waals surface area contributed by atoms with E-state index in [-0.39, 0.29) is 11.2 Å². The van der Waals surface area contributed by atoms with Gasteiger partial charge in [0.2, 0.25) is 0 Å². The molecule has 0 amide bonds. The fourth-order valence-corrected chi connectivity index (χ4v) is 3.47. The van der Waals surface area contributed by atoms with Gasteiger partial charge >= 0.3 is 6.61 Å². The van der Waals surface area contributed by atoms with E-state index in [2.05, 4.69) is 11.7 Å². The van der Waals surface area contributed by atoms with Crippen molar-refractivity contribution in [2.45, 2.75) is 52.1 Å². The van der Waals surface area contributed by atoms with Crippen LogP contribution in [0.2, 0.25) is 0 Å². The Hall–Kier alpha value is -2.56. The first-order valence-electron chi connectivity index (χ1n) is 9.91. The molecule has 5 heteroatoms. The maximum absolute atomic E-state index is 14.4. The first-order chi connectivity index (χ1) is 14.0. The van der Waals surface area contributed by atoms with Gasteiger partial charge in [-0.1, -0.05) is 56.2 Å². The zero-order valence-electron chi connectivity index (χ0n) is 16.4. The summed E-state index contributed by atoms with van der Waals surface area (Å²) < 4.78 is 57.6. The van der Waals surface area contributed by atoms with Crippen LogP contribution in [0.3, 0.4) is 0 Å². The second-order valence-corrected chi connectivity index (χ2v) is 7.19. The van der Waals surface area contributed by atoms with Gasteiger partial charge in [-0.05, 0) is 59.9 Å². The van der Waals surface area contributed by atoms with E-state index in [1.54, 1.807) is 30.3 Å². The van der Waals surface area contributed by atoms with Gasteiger partial charge in [-0.25, -0.2) is 8.78 Å². The van der Waals surface area contributed by atoms with Gasteiger partial charge in [0.05, 0.1) is 0 Å². The highest BCUT2D eigenvalue weighted by atomic mass is 19.3.